The molecule has 4 rings (SSSR count). The first-order valence-corrected chi connectivity index (χ1v) is 12.3. The van der Waals surface area contributed by atoms with E-state index in [1.165, 1.54) is 50.8 Å². The van der Waals surface area contributed by atoms with Crippen molar-refractivity contribution in [3.8, 4) is 0 Å². The van der Waals surface area contributed by atoms with Gasteiger partial charge in [0.1, 0.15) is 0 Å². The van der Waals surface area contributed by atoms with Gasteiger partial charge in [0.15, 0.2) is 0 Å². The summed E-state index contributed by atoms with van der Waals surface area (Å²) in [5.41, 5.74) is 15.0. The topological polar surface area (TPSA) is 119 Å². The Balaban J connectivity index is 0.000000217. The fourth-order valence-corrected chi connectivity index (χ4v) is 3.63. The number of nitrogens with two attached hydrogens (primary N) is 2. The molecule has 1 heterocycles. The minimum atomic E-state index is -0.222. The summed E-state index contributed by atoms with van der Waals surface area (Å²) >= 11 is 6.13. The van der Waals surface area contributed by atoms with Crippen molar-refractivity contribution in [2.45, 2.75) is 38.5 Å². The number of nitrogen functional groups attached to an aromatic ring is 2. The Morgan fingerprint density at radius 1 is 0.972 bits per heavy atom. The Kier molecular flexibility index (Phi) is 12.6. The molecular formula is C28H35ClN6O. The van der Waals surface area contributed by atoms with Crippen molar-refractivity contribution in [1.29, 1.82) is 0 Å². The van der Waals surface area contributed by atoms with Crippen molar-refractivity contribution in [2.75, 3.05) is 23.8 Å². The lowest BCUT2D eigenvalue weighted by atomic mass is 10.0. The van der Waals surface area contributed by atoms with E-state index in [9.17, 15) is 4.79 Å². The fourth-order valence-electron chi connectivity index (χ4n) is 3.44. The molecule has 1 aliphatic carbocycles. The third-order valence-electron chi connectivity index (χ3n) is 5.25. The highest BCUT2D eigenvalue weighted by Gasteiger charge is 2.11. The van der Waals surface area contributed by atoms with Gasteiger partial charge in [-0.1, -0.05) is 87.0 Å². The molecule has 36 heavy (non-hydrogen) atoms. The molecule has 7 nitrogen and oxygen atoms in total. The Hall–Kier alpha value is -3.84. The van der Waals surface area contributed by atoms with Crippen LogP contribution in [0, 0.1) is 0 Å². The third kappa shape index (κ3) is 10.2. The summed E-state index contributed by atoms with van der Waals surface area (Å²) in [7, 11) is 1.82. The lowest BCUT2D eigenvalue weighted by Gasteiger charge is -2.09. The molecule has 190 valence electrons. The van der Waals surface area contributed by atoms with E-state index in [1.807, 2.05) is 43.6 Å². The SMILES string of the molecule is C1CCCCC1.C=CC(=O)Nc1ccc(N)cc1.CN/C=C(\c1ccccc1)c1nc(N)ncc1Cl. The van der Waals surface area contributed by atoms with Crippen LogP contribution in [0.3, 0.4) is 0 Å². The third-order valence-corrected chi connectivity index (χ3v) is 5.53. The number of halogens is 1. The van der Waals surface area contributed by atoms with Crippen LogP contribution in [-0.4, -0.2) is 22.9 Å². The second kappa shape index (κ2) is 15.9. The number of aromatic nitrogens is 2. The average molecular weight is 507 g/mol. The van der Waals surface area contributed by atoms with Crippen LogP contribution in [0.25, 0.3) is 5.57 Å². The van der Waals surface area contributed by atoms with Crippen molar-refractivity contribution < 1.29 is 4.79 Å². The van der Waals surface area contributed by atoms with Gasteiger partial charge in [0, 0.05) is 30.2 Å². The molecule has 0 saturated heterocycles. The molecular weight excluding hydrogens is 472 g/mol. The second-order valence-electron chi connectivity index (χ2n) is 8.07. The highest BCUT2D eigenvalue weighted by Crippen LogP contribution is 2.27. The van der Waals surface area contributed by atoms with Crippen LogP contribution in [0.4, 0.5) is 17.3 Å². The Morgan fingerprint density at radius 2 is 1.56 bits per heavy atom. The first-order chi connectivity index (χ1) is 17.4. The summed E-state index contributed by atoms with van der Waals surface area (Å²) in [6.07, 6.45) is 13.6. The van der Waals surface area contributed by atoms with E-state index in [0.717, 1.165) is 11.1 Å². The summed E-state index contributed by atoms with van der Waals surface area (Å²) in [5.74, 6) is -0.0212. The highest BCUT2D eigenvalue weighted by molar-refractivity contribution is 6.32. The lowest BCUT2D eigenvalue weighted by molar-refractivity contribution is -0.111. The van der Waals surface area contributed by atoms with E-state index in [0.29, 0.717) is 22.1 Å². The zero-order chi connectivity index (χ0) is 26.2. The number of hydrogen-bond acceptors (Lipinski definition) is 6. The first-order valence-electron chi connectivity index (χ1n) is 11.9. The smallest absolute Gasteiger partial charge is 0.247 e. The van der Waals surface area contributed by atoms with Gasteiger partial charge in [-0.3, -0.25) is 4.79 Å². The number of carbonyl (C=O) groups excluding carboxylic acids is 1. The maximum atomic E-state index is 10.8. The predicted molar refractivity (Wildman–Crippen MR) is 151 cm³/mol. The minimum absolute atomic E-state index is 0.201. The van der Waals surface area contributed by atoms with Crippen molar-refractivity contribution in [1.82, 2.24) is 15.3 Å². The van der Waals surface area contributed by atoms with E-state index < -0.39 is 0 Å². The predicted octanol–water partition coefficient (Wildman–Crippen LogP) is 6.05. The maximum absolute atomic E-state index is 10.8. The summed E-state index contributed by atoms with van der Waals surface area (Å²) in [5, 5.41) is 6.06. The summed E-state index contributed by atoms with van der Waals surface area (Å²) < 4.78 is 0. The van der Waals surface area contributed by atoms with Gasteiger partial charge in [0.25, 0.3) is 0 Å². The molecule has 2 aromatic carbocycles. The summed E-state index contributed by atoms with van der Waals surface area (Å²) in [6.45, 7) is 3.34. The molecule has 1 aromatic heterocycles. The molecule has 1 amide bonds. The van der Waals surface area contributed by atoms with E-state index in [-0.39, 0.29) is 11.9 Å². The first kappa shape index (κ1) is 28.4. The number of carbonyl (C=O) groups is 1. The average Bonchev–Trinajstić information content (AvgIpc) is 2.92. The summed E-state index contributed by atoms with van der Waals surface area (Å²) in [6, 6.07) is 16.7. The van der Waals surface area contributed by atoms with Crippen LogP contribution in [0.15, 0.2) is 79.6 Å². The Labute approximate surface area is 218 Å². The minimum Gasteiger partial charge on any atom is -0.399 e. The van der Waals surface area contributed by atoms with Gasteiger partial charge in [-0.05, 0) is 35.9 Å². The van der Waals surface area contributed by atoms with Crippen LogP contribution >= 0.6 is 11.6 Å². The van der Waals surface area contributed by atoms with Crippen LogP contribution in [0.2, 0.25) is 5.02 Å². The Morgan fingerprint density at radius 3 is 2.08 bits per heavy atom. The van der Waals surface area contributed by atoms with Crippen molar-refractivity contribution in [2.24, 2.45) is 0 Å². The van der Waals surface area contributed by atoms with Gasteiger partial charge in [-0.15, -0.1) is 0 Å². The quantitative estimate of drug-likeness (QED) is 0.247. The van der Waals surface area contributed by atoms with Gasteiger partial charge < -0.3 is 22.1 Å². The van der Waals surface area contributed by atoms with Crippen LogP contribution in [0.5, 0.6) is 0 Å². The molecule has 3 aromatic rings. The second-order valence-corrected chi connectivity index (χ2v) is 8.48. The molecule has 0 aliphatic heterocycles. The molecule has 0 atom stereocenters. The fraction of sp³-hybridized carbons (Fsp3) is 0.250. The lowest BCUT2D eigenvalue weighted by Crippen LogP contribution is -2.06. The van der Waals surface area contributed by atoms with Gasteiger partial charge >= 0.3 is 0 Å². The Bertz CT molecular complexity index is 1100. The van der Waals surface area contributed by atoms with Gasteiger partial charge in [0.2, 0.25) is 11.9 Å². The van der Waals surface area contributed by atoms with Gasteiger partial charge in [0.05, 0.1) is 16.9 Å². The number of hydrogen-bond donors (Lipinski definition) is 4. The van der Waals surface area contributed by atoms with Crippen molar-refractivity contribution in [3.05, 3.63) is 95.9 Å². The number of amides is 1. The van der Waals surface area contributed by atoms with Crippen molar-refractivity contribution in [3.63, 3.8) is 0 Å². The highest BCUT2D eigenvalue weighted by atomic mass is 35.5. The van der Waals surface area contributed by atoms with Gasteiger partial charge in [-0.2, -0.15) is 0 Å². The molecule has 6 N–H and O–H groups in total. The van der Waals surface area contributed by atoms with Crippen LogP contribution < -0.4 is 22.1 Å². The summed E-state index contributed by atoms with van der Waals surface area (Å²) in [4.78, 5) is 18.9. The zero-order valence-corrected chi connectivity index (χ0v) is 21.5. The van der Waals surface area contributed by atoms with E-state index in [4.69, 9.17) is 23.1 Å². The number of benzene rings is 2. The largest absolute Gasteiger partial charge is 0.399 e. The molecule has 1 saturated carbocycles. The normalized spacial score (nSPS) is 12.7. The standard InChI is InChI=1S/C13H13ClN4.C9H10N2O.C6H12/c1-16-7-10(9-5-3-2-4-6-9)12-11(14)8-17-13(15)18-12;1-2-9(12)11-8-5-3-7(10)4-6-8;1-2-4-6-5-3-1/h2-8,16H,1H3,(H2,15,17,18);2-6H,1,10H2,(H,11,12);1-6H2/b10-7+;;. The van der Waals surface area contributed by atoms with Crippen molar-refractivity contribution >= 4 is 40.4 Å². The van der Waals surface area contributed by atoms with Crippen LogP contribution in [-0.2, 0) is 4.79 Å². The number of rotatable bonds is 5. The number of nitrogens with zero attached hydrogens (tertiary/aromatic N) is 2. The molecule has 1 fully saturated rings. The molecule has 0 spiro atoms. The zero-order valence-electron chi connectivity index (χ0n) is 20.7. The molecule has 0 bridgehead atoms. The van der Waals surface area contributed by atoms with Gasteiger partial charge in [-0.25, -0.2) is 9.97 Å². The molecule has 8 heteroatoms. The van der Waals surface area contributed by atoms with Crippen LogP contribution in [0.1, 0.15) is 49.8 Å². The van der Waals surface area contributed by atoms with E-state index >= 15 is 0 Å². The number of anilines is 3. The number of nitrogens with one attached hydrogen (secondary N) is 2. The monoisotopic (exact) mass is 506 g/mol. The molecule has 0 radical (unpaired) electrons. The van der Waals surface area contributed by atoms with E-state index in [2.05, 4.69) is 27.2 Å². The molecule has 0 unspecified atom stereocenters. The van der Waals surface area contributed by atoms with E-state index in [1.54, 1.807) is 24.3 Å². The maximum Gasteiger partial charge on any atom is 0.247 e. The molecule has 1 aliphatic rings.